The van der Waals surface area contributed by atoms with Crippen molar-refractivity contribution in [1.82, 2.24) is 0 Å². The molecule has 0 heterocycles. The molecule has 3 N–H and O–H groups in total. The largest absolute Gasteiger partial charge is 0.481 e. The summed E-state index contributed by atoms with van der Waals surface area (Å²) in [6, 6.07) is 0. The lowest BCUT2D eigenvalue weighted by molar-refractivity contribution is -0.156. The van der Waals surface area contributed by atoms with E-state index in [0.29, 0.717) is 0 Å². The van der Waals surface area contributed by atoms with Gasteiger partial charge in [0.25, 0.3) is 0 Å². The topological polar surface area (TPSA) is 116 Å². The standard InChI is InChI=1S/C9H17NO6S/c1-15-7-4-5(17(10,13)14)3-6(9(11)12)8(7)16-2/h5-8H,3-4H2,1-2H3,(H,11,12)(H2,10,13,14). The second kappa shape index (κ2) is 5.30. The Labute approximate surface area is 99.9 Å². The average Bonchev–Trinajstić information content (AvgIpc) is 2.25. The van der Waals surface area contributed by atoms with Crippen LogP contribution in [-0.2, 0) is 24.3 Å². The van der Waals surface area contributed by atoms with Crippen molar-refractivity contribution in [3.8, 4) is 0 Å². The summed E-state index contributed by atoms with van der Waals surface area (Å²) < 4.78 is 32.8. The van der Waals surface area contributed by atoms with Crippen LogP contribution < -0.4 is 5.14 Å². The Balaban J connectivity index is 2.99. The summed E-state index contributed by atoms with van der Waals surface area (Å²) in [6.07, 6.45) is -1.14. The zero-order chi connectivity index (χ0) is 13.2. The van der Waals surface area contributed by atoms with Crippen LogP contribution in [0.2, 0.25) is 0 Å². The number of carbonyl (C=O) groups is 1. The first-order valence-electron chi connectivity index (χ1n) is 5.11. The number of sulfonamides is 1. The van der Waals surface area contributed by atoms with Gasteiger partial charge in [-0.3, -0.25) is 4.79 Å². The van der Waals surface area contributed by atoms with Gasteiger partial charge >= 0.3 is 5.97 Å². The molecule has 100 valence electrons. The Morgan fingerprint density at radius 1 is 1.29 bits per heavy atom. The van der Waals surface area contributed by atoms with Crippen molar-refractivity contribution in [3.63, 3.8) is 0 Å². The summed E-state index contributed by atoms with van der Waals surface area (Å²) in [5, 5.41) is 13.2. The molecule has 0 aliphatic heterocycles. The SMILES string of the molecule is COC1CC(S(N)(=O)=O)CC(C(=O)O)C1OC. The molecule has 0 radical (unpaired) electrons. The van der Waals surface area contributed by atoms with Crippen molar-refractivity contribution >= 4 is 16.0 Å². The van der Waals surface area contributed by atoms with E-state index in [-0.39, 0.29) is 12.8 Å². The van der Waals surface area contributed by atoms with E-state index < -0.39 is 39.4 Å². The number of nitrogens with two attached hydrogens (primary N) is 1. The molecule has 0 saturated heterocycles. The molecule has 1 rings (SSSR count). The van der Waals surface area contributed by atoms with Gasteiger partial charge in [0.2, 0.25) is 10.0 Å². The molecule has 4 unspecified atom stereocenters. The van der Waals surface area contributed by atoms with Gasteiger partial charge in [-0.2, -0.15) is 0 Å². The van der Waals surface area contributed by atoms with Gasteiger partial charge in [0.15, 0.2) is 0 Å². The minimum atomic E-state index is -3.77. The minimum Gasteiger partial charge on any atom is -0.481 e. The van der Waals surface area contributed by atoms with Gasteiger partial charge in [-0.05, 0) is 12.8 Å². The van der Waals surface area contributed by atoms with Crippen molar-refractivity contribution in [2.24, 2.45) is 11.1 Å². The number of carboxylic acid groups (broad SMARTS) is 1. The molecule has 1 saturated carbocycles. The number of ether oxygens (including phenoxy) is 2. The molecular weight excluding hydrogens is 250 g/mol. The summed E-state index contributed by atoms with van der Waals surface area (Å²) in [6.45, 7) is 0. The Hall–Kier alpha value is -0.700. The van der Waals surface area contributed by atoms with E-state index in [1.165, 1.54) is 14.2 Å². The van der Waals surface area contributed by atoms with Gasteiger partial charge in [0.1, 0.15) is 0 Å². The highest BCUT2D eigenvalue weighted by molar-refractivity contribution is 7.89. The predicted molar refractivity (Wildman–Crippen MR) is 58.8 cm³/mol. The van der Waals surface area contributed by atoms with Crippen LogP contribution in [0.15, 0.2) is 0 Å². The van der Waals surface area contributed by atoms with Gasteiger partial charge in [-0.15, -0.1) is 0 Å². The third-order valence-corrected chi connectivity index (χ3v) is 4.45. The van der Waals surface area contributed by atoms with Crippen molar-refractivity contribution < 1.29 is 27.8 Å². The maximum absolute atomic E-state index is 11.3. The summed E-state index contributed by atoms with van der Waals surface area (Å²) in [4.78, 5) is 11.1. The van der Waals surface area contributed by atoms with Crippen LogP contribution in [0.5, 0.6) is 0 Å². The second-order valence-corrected chi connectivity index (χ2v) is 5.95. The number of rotatable bonds is 4. The summed E-state index contributed by atoms with van der Waals surface area (Å²) >= 11 is 0. The normalized spacial score (nSPS) is 34.5. The monoisotopic (exact) mass is 267 g/mol. The molecule has 0 aromatic carbocycles. The van der Waals surface area contributed by atoms with Crippen LogP contribution >= 0.6 is 0 Å². The zero-order valence-electron chi connectivity index (χ0n) is 9.70. The van der Waals surface area contributed by atoms with Crippen molar-refractivity contribution in [2.75, 3.05) is 14.2 Å². The highest BCUT2D eigenvalue weighted by Gasteiger charge is 2.45. The quantitative estimate of drug-likeness (QED) is 0.686. The number of primary sulfonamides is 1. The van der Waals surface area contributed by atoms with Gasteiger partial charge < -0.3 is 14.6 Å². The number of carboxylic acids is 1. The first-order valence-corrected chi connectivity index (χ1v) is 6.72. The molecule has 7 nitrogen and oxygen atoms in total. The lowest BCUT2D eigenvalue weighted by Gasteiger charge is -2.37. The Morgan fingerprint density at radius 2 is 1.88 bits per heavy atom. The van der Waals surface area contributed by atoms with Gasteiger partial charge in [0.05, 0.1) is 23.4 Å². The third kappa shape index (κ3) is 3.15. The maximum Gasteiger partial charge on any atom is 0.309 e. The van der Waals surface area contributed by atoms with Crippen LogP contribution in [0.25, 0.3) is 0 Å². The smallest absolute Gasteiger partial charge is 0.309 e. The summed E-state index contributed by atoms with van der Waals surface area (Å²) in [5.74, 6) is -2.03. The molecular formula is C9H17NO6S. The van der Waals surface area contributed by atoms with Gasteiger partial charge in [-0.1, -0.05) is 0 Å². The molecule has 0 aromatic rings. The second-order valence-electron chi connectivity index (χ2n) is 4.10. The molecule has 17 heavy (non-hydrogen) atoms. The highest BCUT2D eigenvalue weighted by atomic mass is 32.2. The molecule has 0 spiro atoms. The first-order chi connectivity index (χ1) is 7.81. The molecule has 1 aliphatic carbocycles. The molecule has 4 atom stereocenters. The summed E-state index contributed by atoms with van der Waals surface area (Å²) in [7, 11) is -0.997. The summed E-state index contributed by atoms with van der Waals surface area (Å²) in [5.41, 5.74) is 0. The lowest BCUT2D eigenvalue weighted by atomic mass is 9.84. The van der Waals surface area contributed by atoms with E-state index in [2.05, 4.69) is 0 Å². The fourth-order valence-electron chi connectivity index (χ4n) is 2.22. The highest BCUT2D eigenvalue weighted by Crippen LogP contribution is 2.32. The maximum atomic E-state index is 11.3. The zero-order valence-corrected chi connectivity index (χ0v) is 10.5. The van der Waals surface area contributed by atoms with Gasteiger partial charge in [-0.25, -0.2) is 13.6 Å². The van der Waals surface area contributed by atoms with E-state index in [1.807, 2.05) is 0 Å². The van der Waals surface area contributed by atoms with E-state index in [0.717, 1.165) is 0 Å². The van der Waals surface area contributed by atoms with Crippen molar-refractivity contribution in [3.05, 3.63) is 0 Å². The van der Waals surface area contributed by atoms with E-state index in [9.17, 15) is 13.2 Å². The number of aliphatic carboxylic acids is 1. The molecule has 0 bridgehead atoms. The molecule has 0 aromatic heterocycles. The number of hydrogen-bond acceptors (Lipinski definition) is 5. The van der Waals surface area contributed by atoms with Crippen LogP contribution in [-0.4, -0.2) is 51.2 Å². The Morgan fingerprint density at radius 3 is 2.24 bits per heavy atom. The van der Waals surface area contributed by atoms with E-state index in [1.54, 1.807) is 0 Å². The molecule has 8 heteroatoms. The fraction of sp³-hybridized carbons (Fsp3) is 0.889. The van der Waals surface area contributed by atoms with Crippen LogP contribution in [0.3, 0.4) is 0 Å². The number of hydrogen-bond donors (Lipinski definition) is 2. The Kier molecular flexibility index (Phi) is 4.48. The predicted octanol–water partition coefficient (Wildman–Crippen LogP) is -0.832. The van der Waals surface area contributed by atoms with E-state index >= 15 is 0 Å². The molecule has 1 aliphatic rings. The molecule has 1 fully saturated rings. The third-order valence-electron chi connectivity index (χ3n) is 3.13. The van der Waals surface area contributed by atoms with Crippen LogP contribution in [0.4, 0.5) is 0 Å². The fourth-order valence-corrected chi connectivity index (χ4v) is 3.16. The average molecular weight is 267 g/mol. The van der Waals surface area contributed by atoms with Crippen molar-refractivity contribution in [1.29, 1.82) is 0 Å². The lowest BCUT2D eigenvalue weighted by Crippen LogP contribution is -2.51. The van der Waals surface area contributed by atoms with Crippen LogP contribution in [0, 0.1) is 5.92 Å². The van der Waals surface area contributed by atoms with E-state index in [4.69, 9.17) is 19.7 Å². The minimum absolute atomic E-state index is 0.0491. The van der Waals surface area contributed by atoms with Crippen LogP contribution in [0.1, 0.15) is 12.8 Å². The number of methoxy groups -OCH3 is 2. The first kappa shape index (κ1) is 14.4. The van der Waals surface area contributed by atoms with Crippen molar-refractivity contribution in [2.45, 2.75) is 30.3 Å². The van der Waals surface area contributed by atoms with Gasteiger partial charge in [0, 0.05) is 14.2 Å². The Bertz CT molecular complexity index is 381. The molecule has 0 amide bonds.